The summed E-state index contributed by atoms with van der Waals surface area (Å²) in [4.78, 5) is 0. The van der Waals surface area contributed by atoms with Crippen molar-refractivity contribution in [3.8, 4) is 11.8 Å². The van der Waals surface area contributed by atoms with Gasteiger partial charge in [0.2, 0.25) is 0 Å². The molecule has 344 valence electrons. The molecule has 0 fully saturated rings. The number of hydrogen-bond acceptors (Lipinski definition) is 0. The van der Waals surface area contributed by atoms with Crippen molar-refractivity contribution in [3.63, 3.8) is 0 Å². The van der Waals surface area contributed by atoms with Crippen molar-refractivity contribution in [2.75, 3.05) is 18.5 Å². The van der Waals surface area contributed by atoms with Crippen molar-refractivity contribution in [2.24, 2.45) is 0 Å². The first-order valence-corrected chi connectivity index (χ1v) is 26.1. The Morgan fingerprint density at radius 1 is 0.441 bits per heavy atom. The molecule has 0 aliphatic carbocycles. The van der Waals surface area contributed by atoms with Gasteiger partial charge in [0.1, 0.15) is 0 Å². The molecule has 7 heteroatoms. The van der Waals surface area contributed by atoms with Crippen LogP contribution in [-0.4, -0.2) is 18.5 Å². The quantitative estimate of drug-likeness (QED) is 0.0391. The Morgan fingerprint density at radius 2 is 0.627 bits per heavy atom. The van der Waals surface area contributed by atoms with Gasteiger partial charge in [-0.25, -0.2) is 0 Å². The topological polar surface area (TPSA) is 0 Å². The van der Waals surface area contributed by atoms with Gasteiger partial charge in [-0.1, -0.05) is 191 Å². The molecule has 3 aromatic rings. The summed E-state index contributed by atoms with van der Waals surface area (Å²) in [6.45, 7) is 24.3. The Morgan fingerprint density at radius 3 is 0.746 bits per heavy atom. The number of hydrogen-bond donors (Lipinski definition) is 0. The van der Waals surface area contributed by atoms with E-state index in [1.54, 1.807) is 31.8 Å². The van der Waals surface area contributed by atoms with Crippen LogP contribution in [0.4, 0.5) is 0 Å². The average Bonchev–Trinajstić information content (AvgIpc) is 3.28. The zero-order chi connectivity index (χ0) is 44.2. The van der Waals surface area contributed by atoms with Crippen molar-refractivity contribution in [1.29, 1.82) is 0 Å². The molecule has 0 saturated carbocycles. The maximum atomic E-state index is 5.90. The van der Waals surface area contributed by atoms with Gasteiger partial charge in [-0.3, -0.25) is 0 Å². The molecule has 3 aromatic carbocycles. The molecule has 3 rings (SSSR count). The van der Waals surface area contributed by atoms with Crippen LogP contribution in [0.25, 0.3) is 18.2 Å². The zero-order valence-corrected chi connectivity index (χ0v) is 48.2. The van der Waals surface area contributed by atoms with Crippen LogP contribution >= 0.6 is 36.9 Å². The maximum absolute atomic E-state index is 5.90. The summed E-state index contributed by atoms with van der Waals surface area (Å²) in [5, 5.41) is 0. The zero-order valence-electron chi connectivity index (χ0n) is 37.5. The summed E-state index contributed by atoms with van der Waals surface area (Å²) >= 11 is 1.75. The predicted molar refractivity (Wildman–Crippen MR) is 274 cm³/mol. The Hall–Kier alpha value is -0.199. The normalized spacial score (nSPS) is 8.37. The van der Waals surface area contributed by atoms with E-state index in [1.807, 2.05) is 18.2 Å². The molecule has 0 spiro atoms. The van der Waals surface area contributed by atoms with Gasteiger partial charge < -0.3 is 24.7 Å². The number of aryl methyl sites for hydroxylation is 3. The molecular weight excluding hydrogens is 1340 g/mol. The van der Waals surface area contributed by atoms with Crippen molar-refractivity contribution >= 4 is 55.1 Å². The molecule has 3 unspecified atom stereocenters. The van der Waals surface area contributed by atoms with Crippen LogP contribution in [0.5, 0.6) is 0 Å². The van der Waals surface area contributed by atoms with E-state index >= 15 is 0 Å². The third-order valence-electron chi connectivity index (χ3n) is 7.97. The van der Waals surface area contributed by atoms with E-state index in [9.17, 15) is 0 Å². The number of rotatable bonds is 18. The molecule has 59 heavy (non-hydrogen) atoms. The summed E-state index contributed by atoms with van der Waals surface area (Å²) in [6, 6.07) is 25.9. The molecule has 0 N–H and O–H groups in total. The third kappa shape index (κ3) is 59.9. The van der Waals surface area contributed by atoms with Crippen LogP contribution in [-0.2, 0) is 84.0 Å². The van der Waals surface area contributed by atoms with Crippen LogP contribution in [0, 0.1) is 24.7 Å². The summed E-state index contributed by atoms with van der Waals surface area (Å²) in [5.74, 6) is 3.19. The number of halogens is 1. The first kappa shape index (κ1) is 73.2. The Balaban J connectivity index is -0.000000113. The number of benzene rings is 3. The molecule has 0 aliphatic heterocycles. The third-order valence-corrected chi connectivity index (χ3v) is 9.19. The van der Waals surface area contributed by atoms with E-state index in [0.717, 1.165) is 0 Å². The SMILES string of the molecule is C=Cc1ccc(CCCCP)cc1.C=Cc1ccc(CCCCP)cc1.C=Cc1ccc(CCCCP)cc1.CCCC.CCCC.CCCC.[Au+].[Au+].[C-]#CC#[C-].[Cl][Au]. The monoisotopic (exact) mass is 1420 g/mol. The van der Waals surface area contributed by atoms with Gasteiger partial charge in [-0.15, -0.1) is 27.7 Å². The van der Waals surface area contributed by atoms with E-state index in [0.29, 0.717) is 0 Å². The van der Waals surface area contributed by atoms with Crippen LogP contribution in [0.3, 0.4) is 0 Å². The van der Waals surface area contributed by atoms with Crippen molar-refractivity contribution in [1.82, 2.24) is 0 Å². The van der Waals surface area contributed by atoms with E-state index < -0.39 is 0 Å². The summed E-state index contributed by atoms with van der Waals surface area (Å²) < 4.78 is 0. The molecule has 0 heterocycles. The summed E-state index contributed by atoms with van der Waals surface area (Å²) in [5.41, 5.74) is 7.91. The summed E-state index contributed by atoms with van der Waals surface area (Å²) in [7, 11) is 12.9. The first-order chi connectivity index (χ1) is 27.7. The van der Waals surface area contributed by atoms with Crippen molar-refractivity contribution in [2.45, 2.75) is 138 Å². The molecular formula is C52H81Au3ClP3. The van der Waals surface area contributed by atoms with Gasteiger partial charge >= 0.3 is 73.9 Å². The molecule has 0 amide bonds. The molecule has 3 atom stereocenters. The molecule has 0 nitrogen and oxygen atoms in total. The van der Waals surface area contributed by atoms with Gasteiger partial charge in [0.15, 0.2) is 0 Å². The van der Waals surface area contributed by atoms with Crippen LogP contribution in [0.2, 0.25) is 0 Å². The Bertz CT molecular complexity index is 1150. The predicted octanol–water partition coefficient (Wildman–Crippen LogP) is 16.8. The van der Waals surface area contributed by atoms with E-state index in [1.165, 1.54) is 148 Å². The second-order valence-electron chi connectivity index (χ2n) is 12.8. The number of unbranched alkanes of at least 4 members (excludes halogenated alkanes) is 6. The van der Waals surface area contributed by atoms with Gasteiger partial charge in [-0.2, -0.15) is 0 Å². The molecule has 0 radical (unpaired) electrons. The standard InChI is InChI=1S/3C12H17P.3C4H10.C4.3Au.ClH/c3*1-2-11-6-8-12(9-7-11)5-3-4-10-13;4*1-3-4-2;;;;/h3*2,6-9H,1,3-5,10,13H2;3*3-4H2,1-2H3;;;;;1H/q;;;;;;-2;3*+1;/p-1. The van der Waals surface area contributed by atoms with Crippen molar-refractivity contribution in [3.05, 3.63) is 139 Å². The van der Waals surface area contributed by atoms with E-state index in [2.05, 4.69) is 171 Å². The fraction of sp³-hybridized carbons (Fsp3) is 0.462. The average molecular weight is 1430 g/mol. The van der Waals surface area contributed by atoms with Gasteiger partial charge in [-0.05, 0) is 110 Å². The Labute approximate surface area is 422 Å². The first-order valence-electron chi connectivity index (χ1n) is 20.9. The summed E-state index contributed by atoms with van der Waals surface area (Å²) in [6.07, 6.45) is 40.4. The van der Waals surface area contributed by atoms with Gasteiger partial charge in [0, 0.05) is 0 Å². The van der Waals surface area contributed by atoms with E-state index in [-0.39, 0.29) is 44.8 Å². The fourth-order valence-corrected chi connectivity index (χ4v) is 4.75. The van der Waals surface area contributed by atoms with E-state index in [4.69, 9.17) is 12.8 Å². The second-order valence-corrected chi connectivity index (χ2v) is 14.6. The Kier molecular flexibility index (Phi) is 83.0. The fourth-order valence-electron chi connectivity index (χ4n) is 3.88. The van der Waals surface area contributed by atoms with Crippen molar-refractivity contribution < 1.29 is 64.7 Å². The molecule has 0 aliphatic rings. The molecule has 0 bridgehead atoms. The minimum atomic E-state index is 0. The molecule has 0 aromatic heterocycles. The van der Waals surface area contributed by atoms with Gasteiger partial charge in [0.25, 0.3) is 0 Å². The second kappa shape index (κ2) is 66.9. The van der Waals surface area contributed by atoms with Crippen LogP contribution < -0.4 is 0 Å². The molecule has 0 saturated heterocycles. The van der Waals surface area contributed by atoms with Gasteiger partial charge in [0.05, 0.1) is 0 Å². The van der Waals surface area contributed by atoms with Crippen LogP contribution in [0.15, 0.2) is 92.5 Å². The minimum absolute atomic E-state index is 0. The van der Waals surface area contributed by atoms with Crippen LogP contribution in [0.1, 0.15) is 152 Å².